The number of likely N-dealkylation sites (tertiary alicyclic amines) is 1. The zero-order chi connectivity index (χ0) is 22.0. The van der Waals surface area contributed by atoms with Gasteiger partial charge in [-0.1, -0.05) is 29.3 Å². The number of hydrogen-bond acceptors (Lipinski definition) is 5. The smallest absolute Gasteiger partial charge is 0.273 e. The first-order chi connectivity index (χ1) is 14.9. The molecule has 1 fully saturated rings. The summed E-state index contributed by atoms with van der Waals surface area (Å²) in [5.74, 6) is -0.587. The molecular weight excluding hydrogens is 439 g/mol. The second-order valence-corrected chi connectivity index (χ2v) is 7.99. The van der Waals surface area contributed by atoms with Gasteiger partial charge in [-0.25, -0.2) is 0 Å². The van der Waals surface area contributed by atoms with Crippen molar-refractivity contribution in [3.05, 3.63) is 63.8 Å². The molecule has 160 valence electrons. The van der Waals surface area contributed by atoms with Crippen LogP contribution in [0.25, 0.3) is 5.69 Å². The van der Waals surface area contributed by atoms with Crippen molar-refractivity contribution in [1.29, 1.82) is 0 Å². The highest BCUT2D eigenvalue weighted by Crippen LogP contribution is 2.29. The molecule has 8 nitrogen and oxygen atoms in total. The zero-order valence-electron chi connectivity index (χ0n) is 16.5. The van der Waals surface area contributed by atoms with Gasteiger partial charge >= 0.3 is 0 Å². The second kappa shape index (κ2) is 8.95. The molecule has 0 atom stereocenters. The first kappa shape index (κ1) is 21.1. The van der Waals surface area contributed by atoms with Gasteiger partial charge in [0.05, 0.1) is 10.0 Å². The third-order valence-corrected chi connectivity index (χ3v) is 5.63. The van der Waals surface area contributed by atoms with Gasteiger partial charge in [-0.15, -0.1) is 15.0 Å². The van der Waals surface area contributed by atoms with Gasteiger partial charge < -0.3 is 16.0 Å². The van der Waals surface area contributed by atoms with Crippen LogP contribution in [0.15, 0.2) is 42.5 Å². The predicted octanol–water partition coefficient (Wildman–Crippen LogP) is 4.04. The van der Waals surface area contributed by atoms with Crippen LogP contribution in [0.1, 0.15) is 40.1 Å². The van der Waals surface area contributed by atoms with Crippen LogP contribution >= 0.6 is 23.2 Å². The Balaban J connectivity index is 1.58. The number of amides is 2. The summed E-state index contributed by atoms with van der Waals surface area (Å²) in [7, 11) is 0. The Morgan fingerprint density at radius 2 is 1.58 bits per heavy atom. The molecule has 0 saturated carbocycles. The number of primary amides is 1. The van der Waals surface area contributed by atoms with Crippen LogP contribution in [0.2, 0.25) is 10.0 Å². The third-order valence-electron chi connectivity index (χ3n) is 5.02. The number of nitrogens with zero attached hydrogens (tertiary/aromatic N) is 4. The van der Waals surface area contributed by atoms with Crippen LogP contribution in [0, 0.1) is 0 Å². The molecule has 2 amide bonds. The molecule has 2 heterocycles. The Bertz CT molecular complexity index is 1100. The molecule has 0 aliphatic carbocycles. The maximum atomic E-state index is 12.6. The normalized spacial score (nSPS) is 13.8. The molecule has 1 saturated heterocycles. The molecule has 1 aromatic heterocycles. The molecule has 31 heavy (non-hydrogen) atoms. The fourth-order valence-corrected chi connectivity index (χ4v) is 4.00. The van der Waals surface area contributed by atoms with Gasteiger partial charge in [-0.05, 0) is 55.7 Å². The highest BCUT2D eigenvalue weighted by Gasteiger charge is 2.21. The Morgan fingerprint density at radius 1 is 0.935 bits per heavy atom. The lowest BCUT2D eigenvalue weighted by Crippen LogP contribution is -2.35. The number of nitrogens with two attached hydrogens (primary N) is 1. The Morgan fingerprint density at radius 3 is 2.19 bits per heavy atom. The van der Waals surface area contributed by atoms with Gasteiger partial charge in [0.15, 0.2) is 11.5 Å². The van der Waals surface area contributed by atoms with E-state index in [-0.39, 0.29) is 17.4 Å². The number of carbonyl (C=O) groups is 2. The number of rotatable bonds is 5. The Kier molecular flexibility index (Phi) is 6.11. The van der Waals surface area contributed by atoms with Crippen molar-refractivity contribution in [1.82, 2.24) is 19.9 Å². The number of anilines is 2. The van der Waals surface area contributed by atoms with E-state index in [4.69, 9.17) is 28.9 Å². The molecule has 0 bridgehead atoms. The summed E-state index contributed by atoms with van der Waals surface area (Å²) in [6.07, 6.45) is 3.23. The Hall–Kier alpha value is -3.10. The van der Waals surface area contributed by atoms with Gasteiger partial charge in [-0.3, -0.25) is 9.59 Å². The minimum absolute atomic E-state index is 0.0170. The highest BCUT2D eigenvalue weighted by atomic mass is 35.5. The van der Waals surface area contributed by atoms with Gasteiger partial charge in [0.25, 0.3) is 11.8 Å². The topological polar surface area (TPSA) is 106 Å². The van der Waals surface area contributed by atoms with E-state index in [1.807, 2.05) is 4.90 Å². The maximum Gasteiger partial charge on any atom is 0.273 e. The summed E-state index contributed by atoms with van der Waals surface area (Å²) in [5.41, 5.74) is 6.97. The molecule has 1 aliphatic rings. The molecule has 0 spiro atoms. The minimum atomic E-state index is -0.756. The summed E-state index contributed by atoms with van der Waals surface area (Å²) in [6.45, 7) is 1.57. The van der Waals surface area contributed by atoms with E-state index in [0.29, 0.717) is 27.0 Å². The summed E-state index contributed by atoms with van der Waals surface area (Å²) in [4.78, 5) is 27.6. The van der Waals surface area contributed by atoms with Gasteiger partial charge in [0.1, 0.15) is 5.69 Å². The number of nitrogens with one attached hydrogen (secondary N) is 1. The third kappa shape index (κ3) is 4.50. The minimum Gasteiger partial charge on any atom is -0.364 e. The molecule has 10 heteroatoms. The first-order valence-corrected chi connectivity index (χ1v) is 10.6. The lowest BCUT2D eigenvalue weighted by molar-refractivity contribution is 0.0724. The standard InChI is InChI=1S/C21H20Cl2N6O2/c22-15-5-4-6-16(23)18(15)29-26-17(19(24)30)20(27-29)25-14-9-7-13(8-10-14)21(31)28-11-2-1-3-12-28/h4-10H,1-3,11-12H2,(H2,24,30)(H,25,27). The van der Waals surface area contributed by atoms with Crippen molar-refractivity contribution in [2.45, 2.75) is 19.3 Å². The quantitative estimate of drug-likeness (QED) is 0.599. The zero-order valence-corrected chi connectivity index (χ0v) is 18.0. The second-order valence-electron chi connectivity index (χ2n) is 7.18. The molecular formula is C21H20Cl2N6O2. The van der Waals surface area contributed by atoms with Crippen LogP contribution < -0.4 is 11.1 Å². The van der Waals surface area contributed by atoms with Crippen LogP contribution in [-0.4, -0.2) is 44.8 Å². The van der Waals surface area contributed by atoms with E-state index in [1.165, 1.54) is 4.80 Å². The van der Waals surface area contributed by atoms with E-state index in [0.717, 1.165) is 32.4 Å². The van der Waals surface area contributed by atoms with Crippen molar-refractivity contribution < 1.29 is 9.59 Å². The molecule has 4 rings (SSSR count). The van der Waals surface area contributed by atoms with Gasteiger partial charge in [0, 0.05) is 24.3 Å². The summed E-state index contributed by atoms with van der Waals surface area (Å²) in [5, 5.41) is 12.1. The number of halogens is 2. The molecule has 1 aliphatic heterocycles. The molecule has 0 radical (unpaired) electrons. The van der Waals surface area contributed by atoms with E-state index in [2.05, 4.69) is 15.5 Å². The van der Waals surface area contributed by atoms with Gasteiger partial charge in [0.2, 0.25) is 0 Å². The number of benzene rings is 2. The molecule has 0 unspecified atom stereocenters. The number of para-hydroxylation sites is 1. The predicted molar refractivity (Wildman–Crippen MR) is 119 cm³/mol. The van der Waals surface area contributed by atoms with Crippen molar-refractivity contribution in [3.63, 3.8) is 0 Å². The van der Waals surface area contributed by atoms with Crippen molar-refractivity contribution in [3.8, 4) is 5.69 Å². The number of piperidine rings is 1. The fraction of sp³-hybridized carbons (Fsp3) is 0.238. The van der Waals surface area contributed by atoms with Gasteiger partial charge in [-0.2, -0.15) is 0 Å². The largest absolute Gasteiger partial charge is 0.364 e. The van der Waals surface area contributed by atoms with E-state index >= 15 is 0 Å². The van der Waals surface area contributed by atoms with E-state index in [1.54, 1.807) is 42.5 Å². The average molecular weight is 459 g/mol. The summed E-state index contributed by atoms with van der Waals surface area (Å²) in [6, 6.07) is 11.9. The summed E-state index contributed by atoms with van der Waals surface area (Å²) >= 11 is 12.4. The SMILES string of the molecule is NC(=O)c1nn(-c2c(Cl)cccc2Cl)nc1Nc1ccc(C(=O)N2CCCCC2)cc1. The van der Waals surface area contributed by atoms with Crippen molar-refractivity contribution in [2.24, 2.45) is 5.73 Å². The number of hydrogen-bond donors (Lipinski definition) is 2. The molecule has 3 aromatic rings. The molecule has 3 N–H and O–H groups in total. The Labute approximate surface area is 188 Å². The molecule has 2 aromatic carbocycles. The first-order valence-electron chi connectivity index (χ1n) is 9.82. The average Bonchev–Trinajstić information content (AvgIpc) is 3.18. The van der Waals surface area contributed by atoms with Crippen LogP contribution in [0.5, 0.6) is 0 Å². The number of aromatic nitrogens is 3. The van der Waals surface area contributed by atoms with Crippen molar-refractivity contribution >= 4 is 46.5 Å². The van der Waals surface area contributed by atoms with E-state index < -0.39 is 5.91 Å². The number of carbonyl (C=O) groups excluding carboxylic acids is 2. The fourth-order valence-electron chi connectivity index (χ4n) is 3.45. The monoisotopic (exact) mass is 458 g/mol. The van der Waals surface area contributed by atoms with Crippen molar-refractivity contribution in [2.75, 3.05) is 18.4 Å². The van der Waals surface area contributed by atoms with Crippen LogP contribution in [-0.2, 0) is 0 Å². The van der Waals surface area contributed by atoms with E-state index in [9.17, 15) is 9.59 Å². The summed E-state index contributed by atoms with van der Waals surface area (Å²) < 4.78 is 0. The highest BCUT2D eigenvalue weighted by molar-refractivity contribution is 6.37. The lowest BCUT2D eigenvalue weighted by Gasteiger charge is -2.26. The maximum absolute atomic E-state index is 12.6. The van der Waals surface area contributed by atoms with Crippen LogP contribution in [0.3, 0.4) is 0 Å². The van der Waals surface area contributed by atoms with Crippen LogP contribution in [0.4, 0.5) is 11.5 Å². The lowest BCUT2D eigenvalue weighted by atomic mass is 10.1.